The Hall–Kier alpha value is -1.96. The van der Waals surface area contributed by atoms with Gasteiger partial charge in [-0.2, -0.15) is 0 Å². The van der Waals surface area contributed by atoms with E-state index in [-0.39, 0.29) is 0 Å². The first kappa shape index (κ1) is 13.5. The predicted octanol–water partition coefficient (Wildman–Crippen LogP) is 4.24. The summed E-state index contributed by atoms with van der Waals surface area (Å²) in [4.78, 5) is 22.8. The van der Waals surface area contributed by atoms with E-state index in [9.17, 15) is 0 Å². The van der Waals surface area contributed by atoms with Crippen LogP contribution >= 0.6 is 35.1 Å². The molecule has 4 aromatic rings. The molecule has 1 aliphatic rings. The average Bonchev–Trinajstić information content (AvgIpc) is 2.56. The molecule has 0 spiro atoms. The minimum absolute atomic E-state index is 0.548. The molecule has 5 nitrogen and oxygen atoms in total. The van der Waals surface area contributed by atoms with E-state index < -0.39 is 0 Å². The van der Waals surface area contributed by atoms with Gasteiger partial charge in [0.15, 0.2) is 5.65 Å². The number of pyridine rings is 1. The van der Waals surface area contributed by atoms with Crippen LogP contribution in [-0.2, 0) is 0 Å². The SMILES string of the molecule is Clc1cnc2nc3c(nc2c1)Sc1nc2ccccc2nc1S3. The molecular weight excluding hydrogens is 350 g/mol. The number of halogens is 1. The second-order valence-electron chi connectivity index (χ2n) is 4.86. The van der Waals surface area contributed by atoms with Gasteiger partial charge in [-0.1, -0.05) is 23.7 Å². The zero-order valence-electron chi connectivity index (χ0n) is 11.4. The molecule has 1 aromatic carbocycles. The normalized spacial score (nSPS) is 13.1. The van der Waals surface area contributed by atoms with E-state index in [2.05, 4.69) is 24.9 Å². The summed E-state index contributed by atoms with van der Waals surface area (Å²) in [6, 6.07) is 9.60. The lowest BCUT2D eigenvalue weighted by Gasteiger charge is -2.15. The van der Waals surface area contributed by atoms with Gasteiger partial charge in [0, 0.05) is 6.20 Å². The molecule has 3 aromatic heterocycles. The largest absolute Gasteiger partial charge is 0.237 e. The lowest BCUT2D eigenvalue weighted by Crippen LogP contribution is -2.01. The monoisotopic (exact) mass is 355 g/mol. The van der Waals surface area contributed by atoms with Crippen molar-refractivity contribution in [1.29, 1.82) is 0 Å². The number of fused-ring (bicyclic) bond motifs is 4. The summed E-state index contributed by atoms with van der Waals surface area (Å²) in [7, 11) is 0. The average molecular weight is 356 g/mol. The summed E-state index contributed by atoms with van der Waals surface area (Å²) in [5.74, 6) is 0. The van der Waals surface area contributed by atoms with Gasteiger partial charge in [-0.15, -0.1) is 0 Å². The summed E-state index contributed by atoms with van der Waals surface area (Å²) < 4.78 is 0. The number of rotatable bonds is 0. The third-order valence-electron chi connectivity index (χ3n) is 3.32. The standard InChI is InChI=1S/C15H6ClN5S2/c16-7-5-10-11(17-6-7)21-15-14(20-10)22-12-13(23-15)19-9-4-2-1-3-8(9)18-12/h1-6H. The van der Waals surface area contributed by atoms with Crippen LogP contribution in [0.3, 0.4) is 0 Å². The third-order valence-corrected chi connectivity index (χ3v) is 5.70. The second-order valence-corrected chi connectivity index (χ2v) is 7.25. The van der Waals surface area contributed by atoms with Crippen LogP contribution in [0.5, 0.6) is 0 Å². The van der Waals surface area contributed by atoms with Crippen LogP contribution in [0.2, 0.25) is 5.02 Å². The van der Waals surface area contributed by atoms with Crippen LogP contribution in [0, 0.1) is 0 Å². The van der Waals surface area contributed by atoms with Crippen LogP contribution < -0.4 is 0 Å². The molecule has 110 valence electrons. The first-order valence-corrected chi connectivity index (χ1v) is 8.73. The van der Waals surface area contributed by atoms with E-state index in [4.69, 9.17) is 11.6 Å². The smallest absolute Gasteiger partial charge is 0.179 e. The maximum atomic E-state index is 5.98. The van der Waals surface area contributed by atoms with Crippen molar-refractivity contribution in [2.45, 2.75) is 20.1 Å². The number of hydrogen-bond donors (Lipinski definition) is 0. The molecule has 4 heterocycles. The fraction of sp³-hybridized carbons (Fsp3) is 0. The maximum absolute atomic E-state index is 5.98. The molecule has 1 aliphatic heterocycles. The van der Waals surface area contributed by atoms with Gasteiger partial charge < -0.3 is 0 Å². The second kappa shape index (κ2) is 5.02. The Morgan fingerprint density at radius 1 is 0.739 bits per heavy atom. The number of para-hydroxylation sites is 2. The molecule has 0 unspecified atom stereocenters. The van der Waals surface area contributed by atoms with Crippen LogP contribution in [-0.4, -0.2) is 24.9 Å². The van der Waals surface area contributed by atoms with Crippen molar-refractivity contribution in [2.24, 2.45) is 0 Å². The Balaban J connectivity index is 1.70. The number of nitrogens with zero attached hydrogens (tertiary/aromatic N) is 5. The molecule has 0 aliphatic carbocycles. The van der Waals surface area contributed by atoms with E-state index >= 15 is 0 Å². The van der Waals surface area contributed by atoms with Gasteiger partial charge in [0.2, 0.25) is 0 Å². The highest BCUT2D eigenvalue weighted by Gasteiger charge is 2.23. The number of benzene rings is 1. The molecule has 0 fully saturated rings. The molecule has 5 rings (SSSR count). The molecule has 0 saturated heterocycles. The van der Waals surface area contributed by atoms with Gasteiger partial charge in [-0.25, -0.2) is 24.9 Å². The molecular formula is C15H6ClN5S2. The lowest BCUT2D eigenvalue weighted by molar-refractivity contribution is 0.895. The van der Waals surface area contributed by atoms with Crippen molar-refractivity contribution >= 4 is 57.3 Å². The fourth-order valence-electron chi connectivity index (χ4n) is 2.31. The van der Waals surface area contributed by atoms with Crippen LogP contribution in [0.4, 0.5) is 0 Å². The first-order chi connectivity index (χ1) is 11.3. The van der Waals surface area contributed by atoms with Crippen molar-refractivity contribution < 1.29 is 0 Å². The molecule has 0 atom stereocenters. The molecule has 0 N–H and O–H groups in total. The quantitative estimate of drug-likeness (QED) is 0.411. The van der Waals surface area contributed by atoms with Crippen molar-refractivity contribution in [3.05, 3.63) is 41.6 Å². The maximum Gasteiger partial charge on any atom is 0.179 e. The summed E-state index contributed by atoms with van der Waals surface area (Å²) in [6.07, 6.45) is 1.58. The summed E-state index contributed by atoms with van der Waals surface area (Å²) in [5, 5.41) is 3.86. The highest BCUT2D eigenvalue weighted by molar-refractivity contribution is 8.04. The van der Waals surface area contributed by atoms with Crippen LogP contribution in [0.15, 0.2) is 56.6 Å². The Kier molecular flexibility index (Phi) is 2.94. The van der Waals surface area contributed by atoms with E-state index in [0.717, 1.165) is 31.1 Å². The van der Waals surface area contributed by atoms with Gasteiger partial charge in [-0.3, -0.25) is 0 Å². The Labute approximate surface area is 143 Å². The minimum Gasteiger partial charge on any atom is -0.237 e. The van der Waals surface area contributed by atoms with Crippen molar-refractivity contribution in [3.63, 3.8) is 0 Å². The summed E-state index contributed by atoms with van der Waals surface area (Å²) in [5.41, 5.74) is 3.02. The Bertz CT molecular complexity index is 1100. The van der Waals surface area contributed by atoms with Crippen molar-refractivity contribution in [2.75, 3.05) is 0 Å². The zero-order chi connectivity index (χ0) is 15.4. The fourth-order valence-corrected chi connectivity index (χ4v) is 4.42. The van der Waals surface area contributed by atoms with Gasteiger partial charge in [0.25, 0.3) is 0 Å². The highest BCUT2D eigenvalue weighted by Crippen LogP contribution is 2.45. The summed E-state index contributed by atoms with van der Waals surface area (Å²) >= 11 is 8.94. The van der Waals surface area contributed by atoms with E-state index in [1.807, 2.05) is 24.3 Å². The Morgan fingerprint density at radius 3 is 1.96 bits per heavy atom. The predicted molar refractivity (Wildman–Crippen MR) is 90.1 cm³/mol. The van der Waals surface area contributed by atoms with Crippen molar-refractivity contribution in [1.82, 2.24) is 24.9 Å². The topological polar surface area (TPSA) is 64.5 Å². The van der Waals surface area contributed by atoms with Crippen molar-refractivity contribution in [3.8, 4) is 0 Å². The first-order valence-electron chi connectivity index (χ1n) is 6.72. The van der Waals surface area contributed by atoms with Gasteiger partial charge in [0.05, 0.1) is 16.1 Å². The van der Waals surface area contributed by atoms with Gasteiger partial charge >= 0.3 is 0 Å². The summed E-state index contributed by atoms with van der Waals surface area (Å²) in [6.45, 7) is 0. The van der Waals surface area contributed by atoms with Gasteiger partial charge in [0.1, 0.15) is 25.6 Å². The van der Waals surface area contributed by atoms with Crippen LogP contribution in [0.1, 0.15) is 0 Å². The molecule has 0 bridgehead atoms. The zero-order valence-corrected chi connectivity index (χ0v) is 13.8. The Morgan fingerprint density at radius 2 is 1.30 bits per heavy atom. The van der Waals surface area contributed by atoms with E-state index in [1.165, 1.54) is 23.5 Å². The van der Waals surface area contributed by atoms with E-state index in [1.54, 1.807) is 12.3 Å². The minimum atomic E-state index is 0.548. The molecule has 0 saturated carbocycles. The molecule has 8 heteroatoms. The van der Waals surface area contributed by atoms with Crippen LogP contribution in [0.25, 0.3) is 22.2 Å². The molecule has 0 amide bonds. The van der Waals surface area contributed by atoms with Gasteiger partial charge in [-0.05, 0) is 41.7 Å². The molecule has 23 heavy (non-hydrogen) atoms. The third kappa shape index (κ3) is 2.23. The highest BCUT2D eigenvalue weighted by atomic mass is 35.5. The molecule has 0 radical (unpaired) electrons. The number of hydrogen-bond acceptors (Lipinski definition) is 7. The van der Waals surface area contributed by atoms with E-state index in [0.29, 0.717) is 16.2 Å². The number of aromatic nitrogens is 5. The lowest BCUT2D eigenvalue weighted by atomic mass is 10.3.